The van der Waals surface area contributed by atoms with Gasteiger partial charge in [0.25, 0.3) is 0 Å². The van der Waals surface area contributed by atoms with E-state index < -0.39 is 22.2 Å². The lowest BCUT2D eigenvalue weighted by Crippen LogP contribution is -2.49. The molecule has 0 bridgehead atoms. The normalized spacial score (nSPS) is 21.1. The molecule has 38 heavy (non-hydrogen) atoms. The van der Waals surface area contributed by atoms with Gasteiger partial charge in [-0.05, 0) is 51.3 Å². The summed E-state index contributed by atoms with van der Waals surface area (Å²) in [4.78, 5) is 26.2. The molecular weight excluding hydrogens is 525 g/mol. The number of carbonyl (C=O) groups excluding carboxylic acids is 1. The Morgan fingerprint density at radius 2 is 1.68 bits per heavy atom. The molecule has 0 aromatic heterocycles. The predicted molar refractivity (Wildman–Crippen MR) is 137 cm³/mol. The van der Waals surface area contributed by atoms with Gasteiger partial charge in [-0.2, -0.15) is 17.5 Å². The number of aryl methyl sites for hydroxylation is 1. The van der Waals surface area contributed by atoms with Gasteiger partial charge in [0.1, 0.15) is 0 Å². The van der Waals surface area contributed by atoms with Crippen LogP contribution in [0.15, 0.2) is 29.2 Å². The summed E-state index contributed by atoms with van der Waals surface area (Å²) in [6.07, 6.45) is -1.34. The van der Waals surface area contributed by atoms with Crippen LogP contribution in [0.2, 0.25) is 0 Å². The van der Waals surface area contributed by atoms with Crippen LogP contribution >= 0.6 is 0 Å². The van der Waals surface area contributed by atoms with Crippen molar-refractivity contribution in [1.29, 1.82) is 0 Å². The summed E-state index contributed by atoms with van der Waals surface area (Å²) in [5.41, 5.74) is 0.913. The zero-order valence-corrected chi connectivity index (χ0v) is 23.0. The van der Waals surface area contributed by atoms with Gasteiger partial charge >= 0.3 is 12.1 Å². The average molecular weight is 565 g/mol. The second-order valence-electron chi connectivity index (χ2n) is 9.77. The molecule has 216 valence electrons. The van der Waals surface area contributed by atoms with Crippen molar-refractivity contribution in [3.05, 3.63) is 29.8 Å². The van der Waals surface area contributed by atoms with Crippen molar-refractivity contribution in [2.45, 2.75) is 69.6 Å². The SMILES string of the molecule is Cc1cccc(S(=O)(=O)N(CCC(=O)N2CCNCC2)CCN2C(C)CCCC2C)c1.O=C(O)C(F)(F)F. The Hall–Kier alpha value is -2.22. The molecule has 1 amide bonds. The van der Waals surface area contributed by atoms with Crippen LogP contribution < -0.4 is 5.32 Å². The van der Waals surface area contributed by atoms with Crippen LogP contribution in [-0.4, -0.2) is 104 Å². The number of alkyl halides is 3. The van der Waals surface area contributed by atoms with Crippen LogP contribution in [0.4, 0.5) is 13.2 Å². The standard InChI is InChI=1S/C23H38N4O3S.C2HF3O2/c1-19-6-4-9-22(18-19)31(29,30)26(13-10-23(28)25-14-11-24-12-15-25)16-17-27-20(2)7-5-8-21(27)3;3-2(4,5)1(6)7/h4,6,9,18,20-21,24H,5,7-8,10-17H2,1-3H3;(H,6,7). The first-order valence-electron chi connectivity index (χ1n) is 12.8. The monoisotopic (exact) mass is 564 g/mol. The van der Waals surface area contributed by atoms with Crippen LogP contribution in [0.25, 0.3) is 0 Å². The molecule has 2 fully saturated rings. The molecule has 0 spiro atoms. The average Bonchev–Trinajstić information content (AvgIpc) is 2.85. The summed E-state index contributed by atoms with van der Waals surface area (Å²) in [6, 6.07) is 7.95. The van der Waals surface area contributed by atoms with E-state index >= 15 is 0 Å². The number of piperazine rings is 1. The number of nitrogens with zero attached hydrogens (tertiary/aromatic N) is 3. The van der Waals surface area contributed by atoms with Crippen molar-refractivity contribution in [1.82, 2.24) is 19.4 Å². The van der Waals surface area contributed by atoms with E-state index in [-0.39, 0.29) is 18.9 Å². The van der Waals surface area contributed by atoms with Gasteiger partial charge < -0.3 is 15.3 Å². The third-order valence-corrected chi connectivity index (χ3v) is 8.79. The Bertz CT molecular complexity index is 1020. The van der Waals surface area contributed by atoms with E-state index in [2.05, 4.69) is 24.1 Å². The van der Waals surface area contributed by atoms with E-state index in [1.54, 1.807) is 18.2 Å². The maximum Gasteiger partial charge on any atom is 0.490 e. The van der Waals surface area contributed by atoms with Crippen LogP contribution in [0.3, 0.4) is 0 Å². The molecule has 2 aliphatic heterocycles. The number of sulfonamides is 1. The quantitative estimate of drug-likeness (QED) is 0.500. The number of piperidine rings is 1. The Morgan fingerprint density at radius 1 is 1.11 bits per heavy atom. The number of halogens is 3. The van der Waals surface area contributed by atoms with Gasteiger partial charge in [0.2, 0.25) is 15.9 Å². The summed E-state index contributed by atoms with van der Waals surface area (Å²) in [6.45, 7) is 10.6. The second kappa shape index (κ2) is 14.2. The van der Waals surface area contributed by atoms with Crippen molar-refractivity contribution < 1.29 is 36.3 Å². The first kappa shape index (κ1) is 32.0. The lowest BCUT2D eigenvalue weighted by molar-refractivity contribution is -0.192. The van der Waals surface area contributed by atoms with Crippen molar-refractivity contribution in [3.8, 4) is 0 Å². The summed E-state index contributed by atoms with van der Waals surface area (Å²) >= 11 is 0. The Kier molecular flexibility index (Phi) is 12.0. The third kappa shape index (κ3) is 9.51. The zero-order chi connectivity index (χ0) is 28.5. The first-order chi connectivity index (χ1) is 17.7. The first-order valence-corrected chi connectivity index (χ1v) is 14.3. The number of hydrogen-bond donors (Lipinski definition) is 2. The van der Waals surface area contributed by atoms with Crippen molar-refractivity contribution in [2.24, 2.45) is 0 Å². The topological polar surface area (TPSA) is 110 Å². The number of carboxylic acids is 1. The largest absolute Gasteiger partial charge is 0.490 e. The fourth-order valence-corrected chi connectivity index (χ4v) is 6.25. The minimum absolute atomic E-state index is 0.0330. The smallest absolute Gasteiger partial charge is 0.475 e. The van der Waals surface area contributed by atoms with Gasteiger partial charge in [0, 0.05) is 64.3 Å². The van der Waals surface area contributed by atoms with E-state index in [4.69, 9.17) is 9.90 Å². The lowest BCUT2D eigenvalue weighted by atomic mass is 9.98. The Labute approximate surface area is 223 Å². The Balaban J connectivity index is 0.000000638. The molecule has 0 radical (unpaired) electrons. The summed E-state index contributed by atoms with van der Waals surface area (Å²) in [5, 5.41) is 10.4. The van der Waals surface area contributed by atoms with Crippen molar-refractivity contribution in [3.63, 3.8) is 0 Å². The van der Waals surface area contributed by atoms with Gasteiger partial charge in [-0.1, -0.05) is 18.6 Å². The number of amides is 1. The van der Waals surface area contributed by atoms with Crippen LogP contribution in [0.5, 0.6) is 0 Å². The van der Waals surface area contributed by atoms with Crippen molar-refractivity contribution >= 4 is 21.9 Å². The molecule has 1 aromatic rings. The molecule has 3 rings (SSSR count). The van der Waals surface area contributed by atoms with E-state index in [1.165, 1.54) is 10.7 Å². The minimum Gasteiger partial charge on any atom is -0.475 e. The number of hydrogen-bond acceptors (Lipinski definition) is 6. The fourth-order valence-electron chi connectivity index (χ4n) is 4.71. The van der Waals surface area contributed by atoms with Crippen LogP contribution in [0, 0.1) is 6.92 Å². The maximum atomic E-state index is 13.5. The van der Waals surface area contributed by atoms with Gasteiger partial charge in [-0.15, -0.1) is 0 Å². The number of carbonyl (C=O) groups is 2. The lowest BCUT2D eigenvalue weighted by Gasteiger charge is -2.40. The van der Waals surface area contributed by atoms with Crippen LogP contribution in [-0.2, 0) is 19.6 Å². The molecule has 2 atom stereocenters. The van der Waals surface area contributed by atoms with Gasteiger partial charge in [0.15, 0.2) is 0 Å². The van der Waals surface area contributed by atoms with Crippen molar-refractivity contribution in [2.75, 3.05) is 45.8 Å². The zero-order valence-electron chi connectivity index (χ0n) is 22.2. The van der Waals surface area contributed by atoms with E-state index in [0.29, 0.717) is 43.2 Å². The highest BCUT2D eigenvalue weighted by Crippen LogP contribution is 2.23. The van der Waals surface area contributed by atoms with E-state index in [9.17, 15) is 26.4 Å². The molecule has 2 N–H and O–H groups in total. The molecule has 2 heterocycles. The molecule has 2 aliphatic rings. The Morgan fingerprint density at radius 3 is 2.21 bits per heavy atom. The number of likely N-dealkylation sites (tertiary alicyclic amines) is 1. The second-order valence-corrected chi connectivity index (χ2v) is 11.7. The molecule has 2 saturated heterocycles. The number of aliphatic carboxylic acids is 1. The van der Waals surface area contributed by atoms with E-state index in [0.717, 1.165) is 31.5 Å². The van der Waals surface area contributed by atoms with Gasteiger partial charge in [-0.25, -0.2) is 13.2 Å². The molecule has 2 unspecified atom stereocenters. The van der Waals surface area contributed by atoms with Gasteiger partial charge in [-0.3, -0.25) is 9.69 Å². The number of nitrogens with one attached hydrogen (secondary N) is 1. The molecule has 9 nitrogen and oxygen atoms in total. The third-order valence-electron chi connectivity index (χ3n) is 6.90. The van der Waals surface area contributed by atoms with Crippen LogP contribution in [0.1, 0.15) is 45.1 Å². The highest BCUT2D eigenvalue weighted by atomic mass is 32.2. The maximum absolute atomic E-state index is 13.5. The van der Waals surface area contributed by atoms with Gasteiger partial charge in [0.05, 0.1) is 4.90 Å². The summed E-state index contributed by atoms with van der Waals surface area (Å²) in [7, 11) is -3.66. The number of benzene rings is 1. The predicted octanol–water partition coefficient (Wildman–Crippen LogP) is 2.70. The summed E-state index contributed by atoms with van der Waals surface area (Å²) in [5.74, 6) is -2.72. The van der Waals surface area contributed by atoms with E-state index in [1.807, 2.05) is 17.9 Å². The molecule has 13 heteroatoms. The minimum atomic E-state index is -5.08. The summed E-state index contributed by atoms with van der Waals surface area (Å²) < 4.78 is 60.2. The highest BCUT2D eigenvalue weighted by molar-refractivity contribution is 7.89. The molecule has 0 aliphatic carbocycles. The number of carboxylic acid groups (broad SMARTS) is 1. The molecular formula is C25H39F3N4O5S. The number of rotatable bonds is 8. The molecule has 1 aromatic carbocycles. The highest BCUT2D eigenvalue weighted by Gasteiger charge is 2.38. The molecule has 0 saturated carbocycles. The fraction of sp³-hybridized carbons (Fsp3) is 0.680.